The van der Waals surface area contributed by atoms with Crippen molar-refractivity contribution >= 4 is 17.3 Å². The average Bonchev–Trinajstić information content (AvgIpc) is 2.40. The van der Waals surface area contributed by atoms with Crippen LogP contribution in [0.3, 0.4) is 0 Å². The first-order valence-electron chi connectivity index (χ1n) is 7.80. The smallest absolute Gasteiger partial charge is 0.293 e. The number of carbonyl (C=O) groups is 1. The van der Waals surface area contributed by atoms with Crippen LogP contribution in [0.25, 0.3) is 0 Å². The zero-order valence-electron chi connectivity index (χ0n) is 14.0. The van der Waals surface area contributed by atoms with E-state index in [9.17, 15) is 14.9 Å². The maximum Gasteiger partial charge on any atom is 0.293 e. The van der Waals surface area contributed by atoms with Crippen LogP contribution in [-0.4, -0.2) is 42.7 Å². The van der Waals surface area contributed by atoms with Crippen LogP contribution in [0.5, 0.6) is 0 Å². The second kappa shape index (κ2) is 7.06. The van der Waals surface area contributed by atoms with Gasteiger partial charge in [0, 0.05) is 6.07 Å². The lowest BCUT2D eigenvalue weighted by Crippen LogP contribution is -3.16. The minimum Gasteiger partial charge on any atom is -0.364 e. The third-order valence-corrected chi connectivity index (χ3v) is 4.11. The third kappa shape index (κ3) is 4.49. The fraction of sp³-hybridized carbons (Fsp3) is 0.562. The first kappa shape index (κ1) is 17.4. The zero-order valence-corrected chi connectivity index (χ0v) is 14.0. The SMILES string of the molecule is Cc1cc(NC(=O)C[NH+]2C[C@@H](C)O[C@H](C)C2)c([N+](=O)[O-])cc1C. The van der Waals surface area contributed by atoms with Gasteiger partial charge in [-0.1, -0.05) is 0 Å². The lowest BCUT2D eigenvalue weighted by atomic mass is 10.1. The van der Waals surface area contributed by atoms with E-state index in [1.807, 2.05) is 27.7 Å². The van der Waals surface area contributed by atoms with Gasteiger partial charge in [0.25, 0.3) is 11.6 Å². The van der Waals surface area contributed by atoms with Gasteiger partial charge in [0.1, 0.15) is 31.0 Å². The molecule has 1 aliphatic rings. The van der Waals surface area contributed by atoms with Crippen LogP contribution in [0.1, 0.15) is 25.0 Å². The molecule has 1 aromatic carbocycles. The first-order valence-corrected chi connectivity index (χ1v) is 7.80. The summed E-state index contributed by atoms with van der Waals surface area (Å²) in [5.41, 5.74) is 1.93. The number of quaternary nitrogens is 1. The lowest BCUT2D eigenvalue weighted by Gasteiger charge is -2.31. The van der Waals surface area contributed by atoms with Crippen molar-refractivity contribution in [3.05, 3.63) is 33.4 Å². The van der Waals surface area contributed by atoms with Crippen molar-refractivity contribution in [2.75, 3.05) is 25.0 Å². The highest BCUT2D eigenvalue weighted by molar-refractivity contribution is 5.94. The second-order valence-corrected chi connectivity index (χ2v) is 6.35. The molecule has 0 bridgehead atoms. The molecule has 1 aromatic rings. The second-order valence-electron chi connectivity index (χ2n) is 6.35. The van der Waals surface area contributed by atoms with Crippen molar-refractivity contribution in [2.24, 2.45) is 0 Å². The maximum atomic E-state index is 12.3. The average molecular weight is 322 g/mol. The molecule has 0 radical (unpaired) electrons. The number of aryl methyl sites for hydroxylation is 2. The lowest BCUT2D eigenvalue weighted by molar-refractivity contribution is -0.907. The molecule has 1 fully saturated rings. The van der Waals surface area contributed by atoms with Gasteiger partial charge in [0.05, 0.1) is 4.92 Å². The van der Waals surface area contributed by atoms with Gasteiger partial charge in [-0.15, -0.1) is 0 Å². The molecule has 1 saturated heterocycles. The number of nitro groups is 1. The molecule has 2 N–H and O–H groups in total. The number of amides is 1. The molecule has 0 unspecified atom stereocenters. The minimum absolute atomic E-state index is 0.0693. The highest BCUT2D eigenvalue weighted by Crippen LogP contribution is 2.27. The molecule has 1 heterocycles. The topological polar surface area (TPSA) is 85.9 Å². The fourth-order valence-corrected chi connectivity index (χ4v) is 3.01. The Morgan fingerprint density at radius 2 is 1.87 bits per heavy atom. The summed E-state index contributed by atoms with van der Waals surface area (Å²) in [5, 5.41) is 13.9. The van der Waals surface area contributed by atoms with E-state index in [-0.39, 0.29) is 36.0 Å². The van der Waals surface area contributed by atoms with Crippen LogP contribution in [0.15, 0.2) is 12.1 Å². The van der Waals surface area contributed by atoms with Gasteiger partial charge in [0.15, 0.2) is 6.54 Å². The standard InChI is InChI=1S/C16H23N3O4/c1-10-5-14(15(19(21)22)6-11(10)2)17-16(20)9-18-7-12(3)23-13(4)8-18/h5-6,12-13H,7-9H2,1-4H3,(H,17,20)/p+1/t12-,13-/m1/s1. The molecular formula is C16H24N3O4+. The maximum absolute atomic E-state index is 12.3. The molecular weight excluding hydrogens is 298 g/mol. The number of nitrogens with zero attached hydrogens (tertiary/aromatic N) is 1. The highest BCUT2D eigenvalue weighted by atomic mass is 16.6. The van der Waals surface area contributed by atoms with E-state index in [2.05, 4.69) is 5.32 Å². The number of benzene rings is 1. The predicted molar refractivity (Wildman–Crippen MR) is 86.8 cm³/mol. The van der Waals surface area contributed by atoms with E-state index in [4.69, 9.17) is 4.74 Å². The molecule has 0 saturated carbocycles. The van der Waals surface area contributed by atoms with Crippen LogP contribution in [0, 0.1) is 24.0 Å². The van der Waals surface area contributed by atoms with E-state index in [1.165, 1.54) is 6.07 Å². The van der Waals surface area contributed by atoms with Gasteiger partial charge < -0.3 is 15.0 Å². The molecule has 126 valence electrons. The number of carbonyl (C=O) groups excluding carboxylic acids is 1. The summed E-state index contributed by atoms with van der Waals surface area (Å²) in [5.74, 6) is -0.215. The Kier molecular flexibility index (Phi) is 5.33. The number of morpholine rings is 1. The van der Waals surface area contributed by atoms with Crippen molar-refractivity contribution in [2.45, 2.75) is 39.9 Å². The van der Waals surface area contributed by atoms with Crippen molar-refractivity contribution in [1.82, 2.24) is 0 Å². The molecule has 7 nitrogen and oxygen atoms in total. The van der Waals surface area contributed by atoms with Crippen molar-refractivity contribution in [1.29, 1.82) is 0 Å². The largest absolute Gasteiger partial charge is 0.364 e. The van der Waals surface area contributed by atoms with Crippen molar-refractivity contribution < 1.29 is 19.4 Å². The molecule has 1 amide bonds. The van der Waals surface area contributed by atoms with Gasteiger partial charge in [-0.25, -0.2) is 0 Å². The zero-order chi connectivity index (χ0) is 17.1. The Balaban J connectivity index is 2.08. The van der Waals surface area contributed by atoms with Crippen LogP contribution in [0.2, 0.25) is 0 Å². The predicted octanol–water partition coefficient (Wildman–Crippen LogP) is 0.842. The van der Waals surface area contributed by atoms with Crippen LogP contribution < -0.4 is 10.2 Å². The number of rotatable bonds is 4. The van der Waals surface area contributed by atoms with E-state index in [1.54, 1.807) is 6.07 Å². The first-order chi connectivity index (χ1) is 10.8. The van der Waals surface area contributed by atoms with E-state index < -0.39 is 4.92 Å². The molecule has 2 atom stereocenters. The molecule has 0 aliphatic carbocycles. The van der Waals surface area contributed by atoms with Crippen LogP contribution >= 0.6 is 0 Å². The highest BCUT2D eigenvalue weighted by Gasteiger charge is 2.28. The Morgan fingerprint density at radius 1 is 1.30 bits per heavy atom. The van der Waals surface area contributed by atoms with E-state index in [0.29, 0.717) is 0 Å². The number of hydrogen-bond acceptors (Lipinski definition) is 4. The van der Waals surface area contributed by atoms with E-state index >= 15 is 0 Å². The summed E-state index contributed by atoms with van der Waals surface area (Å²) in [6.07, 6.45) is 0.218. The van der Waals surface area contributed by atoms with Gasteiger partial charge in [-0.3, -0.25) is 14.9 Å². The number of nitrogens with one attached hydrogen (secondary N) is 2. The molecule has 23 heavy (non-hydrogen) atoms. The number of anilines is 1. The molecule has 1 aliphatic heterocycles. The summed E-state index contributed by atoms with van der Waals surface area (Å²) in [4.78, 5) is 24.1. The summed E-state index contributed by atoms with van der Waals surface area (Å²) in [6, 6.07) is 3.15. The quantitative estimate of drug-likeness (QED) is 0.635. The Labute approximate surface area is 135 Å². The molecule has 0 spiro atoms. The van der Waals surface area contributed by atoms with Crippen molar-refractivity contribution in [3.8, 4) is 0 Å². The fourth-order valence-electron chi connectivity index (χ4n) is 3.01. The number of hydrogen-bond donors (Lipinski definition) is 2. The van der Waals surface area contributed by atoms with Gasteiger partial charge in [-0.2, -0.15) is 0 Å². The van der Waals surface area contributed by atoms with Crippen LogP contribution in [0.4, 0.5) is 11.4 Å². The monoisotopic (exact) mass is 322 g/mol. The molecule has 0 aromatic heterocycles. The van der Waals surface area contributed by atoms with Gasteiger partial charge in [-0.05, 0) is 44.9 Å². The summed E-state index contributed by atoms with van der Waals surface area (Å²) >= 11 is 0. The Morgan fingerprint density at radius 3 is 2.43 bits per heavy atom. The van der Waals surface area contributed by atoms with E-state index in [0.717, 1.165) is 29.1 Å². The summed E-state index contributed by atoms with van der Waals surface area (Å²) in [6.45, 7) is 9.45. The Hall–Kier alpha value is -1.99. The number of nitro benzene ring substituents is 1. The summed E-state index contributed by atoms with van der Waals surface area (Å²) in [7, 11) is 0. The molecule has 2 rings (SSSR count). The van der Waals surface area contributed by atoms with Crippen LogP contribution in [-0.2, 0) is 9.53 Å². The molecule has 7 heteroatoms. The third-order valence-electron chi connectivity index (χ3n) is 4.11. The minimum atomic E-state index is -0.464. The van der Waals surface area contributed by atoms with Crippen molar-refractivity contribution in [3.63, 3.8) is 0 Å². The van der Waals surface area contributed by atoms with Gasteiger partial charge in [0.2, 0.25) is 0 Å². The Bertz CT molecular complexity index is 608. The normalized spacial score (nSPS) is 24.3. The summed E-state index contributed by atoms with van der Waals surface area (Å²) < 4.78 is 5.65. The number of ether oxygens (including phenoxy) is 1. The van der Waals surface area contributed by atoms with Gasteiger partial charge >= 0.3 is 0 Å².